The number of hydrogen-bond donors (Lipinski definition) is 2. The van der Waals surface area contributed by atoms with E-state index in [2.05, 4.69) is 15.3 Å². The molecule has 7 heteroatoms. The first kappa shape index (κ1) is 17.1. The molecule has 0 atom stereocenters. The predicted octanol–water partition coefficient (Wildman–Crippen LogP) is 3.08. The standard InChI is InChI=1S/C19H22N4O2S/c24-26(25,16-6-2-1-3-7-16)23-12-10-15(11-13-23)14-20-19-21-17-8-4-5-9-18(17)22-19/h1-9,15H,10-14H2,(H2,20,21,22). The molecular formula is C19H22N4O2S. The number of aromatic nitrogens is 2. The maximum Gasteiger partial charge on any atom is 0.243 e. The van der Waals surface area contributed by atoms with Crippen LogP contribution in [0.3, 0.4) is 0 Å². The highest BCUT2D eigenvalue weighted by Gasteiger charge is 2.29. The topological polar surface area (TPSA) is 78.1 Å². The molecule has 2 heterocycles. The average molecular weight is 370 g/mol. The molecule has 1 aliphatic rings. The van der Waals surface area contributed by atoms with E-state index < -0.39 is 10.0 Å². The highest BCUT2D eigenvalue weighted by molar-refractivity contribution is 7.89. The van der Waals surface area contributed by atoms with Crippen LogP contribution in [0.2, 0.25) is 0 Å². The van der Waals surface area contributed by atoms with Gasteiger partial charge in [-0.05, 0) is 43.0 Å². The Morgan fingerprint density at radius 3 is 2.46 bits per heavy atom. The first-order valence-corrected chi connectivity index (χ1v) is 10.3. The van der Waals surface area contributed by atoms with E-state index >= 15 is 0 Å². The highest BCUT2D eigenvalue weighted by Crippen LogP contribution is 2.24. The number of piperidine rings is 1. The Labute approximate surface area is 153 Å². The number of aromatic amines is 1. The lowest BCUT2D eigenvalue weighted by Gasteiger charge is -2.31. The number of fused-ring (bicyclic) bond motifs is 1. The molecule has 0 bridgehead atoms. The summed E-state index contributed by atoms with van der Waals surface area (Å²) >= 11 is 0. The molecule has 0 aliphatic carbocycles. The fourth-order valence-corrected chi connectivity index (χ4v) is 4.86. The van der Waals surface area contributed by atoms with Crippen LogP contribution in [0.5, 0.6) is 0 Å². The Morgan fingerprint density at radius 2 is 1.73 bits per heavy atom. The molecule has 0 amide bonds. The Kier molecular flexibility index (Phi) is 4.65. The van der Waals surface area contributed by atoms with Crippen molar-refractivity contribution in [3.8, 4) is 0 Å². The number of nitrogens with one attached hydrogen (secondary N) is 2. The maximum atomic E-state index is 12.7. The van der Waals surface area contributed by atoms with Gasteiger partial charge in [0.1, 0.15) is 0 Å². The molecule has 0 unspecified atom stereocenters. The van der Waals surface area contributed by atoms with E-state index in [9.17, 15) is 8.42 Å². The summed E-state index contributed by atoms with van der Waals surface area (Å²) in [5.74, 6) is 1.20. The number of sulfonamides is 1. The predicted molar refractivity (Wildman–Crippen MR) is 103 cm³/mol. The number of anilines is 1. The zero-order valence-electron chi connectivity index (χ0n) is 14.4. The third-order valence-corrected chi connectivity index (χ3v) is 6.81. The van der Waals surface area contributed by atoms with Gasteiger partial charge in [-0.15, -0.1) is 0 Å². The van der Waals surface area contributed by atoms with Crippen LogP contribution in [0.15, 0.2) is 59.5 Å². The van der Waals surface area contributed by atoms with Crippen molar-refractivity contribution in [2.24, 2.45) is 5.92 Å². The Morgan fingerprint density at radius 1 is 1.04 bits per heavy atom. The van der Waals surface area contributed by atoms with Gasteiger partial charge in [0.25, 0.3) is 0 Å². The molecule has 3 aromatic rings. The number of imidazole rings is 1. The number of hydrogen-bond acceptors (Lipinski definition) is 4. The summed E-state index contributed by atoms with van der Waals surface area (Å²) in [7, 11) is -3.38. The minimum atomic E-state index is -3.38. The molecule has 0 saturated carbocycles. The molecule has 26 heavy (non-hydrogen) atoms. The van der Waals surface area contributed by atoms with Gasteiger partial charge in [0.05, 0.1) is 15.9 Å². The zero-order chi connectivity index (χ0) is 18.0. The second-order valence-corrected chi connectivity index (χ2v) is 8.58. The van der Waals surface area contributed by atoms with Crippen LogP contribution >= 0.6 is 0 Å². The van der Waals surface area contributed by atoms with E-state index in [0.29, 0.717) is 23.9 Å². The van der Waals surface area contributed by atoms with Crippen LogP contribution in [-0.2, 0) is 10.0 Å². The van der Waals surface area contributed by atoms with Gasteiger partial charge in [0.2, 0.25) is 16.0 Å². The summed E-state index contributed by atoms with van der Waals surface area (Å²) in [6, 6.07) is 16.6. The Bertz CT molecular complexity index is 944. The molecule has 2 aromatic carbocycles. The fourth-order valence-electron chi connectivity index (χ4n) is 3.37. The fraction of sp³-hybridized carbons (Fsp3) is 0.316. The second kappa shape index (κ2) is 7.09. The van der Waals surface area contributed by atoms with Crippen molar-refractivity contribution in [3.05, 3.63) is 54.6 Å². The van der Waals surface area contributed by atoms with E-state index in [4.69, 9.17) is 0 Å². The van der Waals surface area contributed by atoms with Gasteiger partial charge < -0.3 is 10.3 Å². The van der Waals surface area contributed by atoms with Crippen molar-refractivity contribution in [1.82, 2.24) is 14.3 Å². The van der Waals surface area contributed by atoms with Crippen molar-refractivity contribution in [2.45, 2.75) is 17.7 Å². The molecule has 136 valence electrons. The summed E-state index contributed by atoms with van der Waals surface area (Å²) in [6.45, 7) is 1.91. The molecule has 1 aliphatic heterocycles. The van der Waals surface area contributed by atoms with Gasteiger partial charge in [-0.2, -0.15) is 4.31 Å². The quantitative estimate of drug-likeness (QED) is 0.723. The van der Waals surface area contributed by atoms with Gasteiger partial charge in [0, 0.05) is 19.6 Å². The molecule has 6 nitrogen and oxygen atoms in total. The molecule has 0 radical (unpaired) electrons. The molecule has 1 aromatic heterocycles. The maximum absolute atomic E-state index is 12.7. The minimum Gasteiger partial charge on any atom is -0.356 e. The van der Waals surface area contributed by atoms with Crippen molar-refractivity contribution in [2.75, 3.05) is 25.0 Å². The van der Waals surface area contributed by atoms with Crippen molar-refractivity contribution < 1.29 is 8.42 Å². The smallest absolute Gasteiger partial charge is 0.243 e. The SMILES string of the molecule is O=S(=O)(c1ccccc1)N1CCC(CNc2nc3ccccc3[nH]2)CC1. The first-order valence-electron chi connectivity index (χ1n) is 8.87. The third kappa shape index (κ3) is 3.45. The number of rotatable bonds is 5. The zero-order valence-corrected chi connectivity index (χ0v) is 15.2. The Balaban J connectivity index is 1.33. The number of nitrogens with zero attached hydrogens (tertiary/aromatic N) is 2. The van der Waals surface area contributed by atoms with Crippen LogP contribution in [-0.4, -0.2) is 42.3 Å². The van der Waals surface area contributed by atoms with Crippen molar-refractivity contribution >= 4 is 27.0 Å². The van der Waals surface area contributed by atoms with E-state index in [0.717, 1.165) is 36.4 Å². The van der Waals surface area contributed by atoms with Gasteiger partial charge in [-0.3, -0.25) is 0 Å². The summed E-state index contributed by atoms with van der Waals surface area (Å²) in [5, 5.41) is 3.35. The highest BCUT2D eigenvalue weighted by atomic mass is 32.2. The molecule has 0 spiro atoms. The lowest BCUT2D eigenvalue weighted by atomic mass is 9.98. The molecule has 2 N–H and O–H groups in total. The molecule has 1 saturated heterocycles. The van der Waals surface area contributed by atoms with E-state index in [1.54, 1.807) is 28.6 Å². The van der Waals surface area contributed by atoms with Crippen LogP contribution in [0.1, 0.15) is 12.8 Å². The lowest BCUT2D eigenvalue weighted by Crippen LogP contribution is -2.39. The van der Waals surface area contributed by atoms with Crippen LogP contribution in [0.4, 0.5) is 5.95 Å². The summed E-state index contributed by atoms with van der Waals surface area (Å²) in [6.07, 6.45) is 1.69. The normalized spacial score (nSPS) is 16.8. The minimum absolute atomic E-state index is 0.374. The summed E-state index contributed by atoms with van der Waals surface area (Å²) < 4.78 is 26.9. The van der Waals surface area contributed by atoms with Crippen LogP contribution in [0, 0.1) is 5.92 Å². The summed E-state index contributed by atoms with van der Waals surface area (Å²) in [4.78, 5) is 8.15. The largest absolute Gasteiger partial charge is 0.356 e. The van der Waals surface area contributed by atoms with Gasteiger partial charge in [-0.25, -0.2) is 13.4 Å². The Hall–Kier alpha value is -2.38. The van der Waals surface area contributed by atoms with Crippen LogP contribution in [0.25, 0.3) is 11.0 Å². The first-order chi connectivity index (χ1) is 12.6. The molecular weight excluding hydrogens is 348 g/mol. The van der Waals surface area contributed by atoms with E-state index in [1.807, 2.05) is 30.3 Å². The number of para-hydroxylation sites is 2. The van der Waals surface area contributed by atoms with Gasteiger partial charge >= 0.3 is 0 Å². The average Bonchev–Trinajstić information content (AvgIpc) is 3.10. The monoisotopic (exact) mass is 370 g/mol. The molecule has 4 rings (SSSR count). The number of H-pyrrole nitrogens is 1. The van der Waals surface area contributed by atoms with E-state index in [1.165, 1.54) is 0 Å². The van der Waals surface area contributed by atoms with Crippen LogP contribution < -0.4 is 5.32 Å². The second-order valence-electron chi connectivity index (χ2n) is 6.64. The van der Waals surface area contributed by atoms with Gasteiger partial charge in [-0.1, -0.05) is 30.3 Å². The van der Waals surface area contributed by atoms with Crippen molar-refractivity contribution in [1.29, 1.82) is 0 Å². The lowest BCUT2D eigenvalue weighted by molar-refractivity contribution is 0.282. The van der Waals surface area contributed by atoms with E-state index in [-0.39, 0.29) is 0 Å². The van der Waals surface area contributed by atoms with Gasteiger partial charge in [0.15, 0.2) is 0 Å². The summed E-state index contributed by atoms with van der Waals surface area (Å²) in [5.41, 5.74) is 1.96. The third-order valence-electron chi connectivity index (χ3n) is 4.90. The van der Waals surface area contributed by atoms with Crippen molar-refractivity contribution in [3.63, 3.8) is 0 Å². The molecule has 1 fully saturated rings. The number of benzene rings is 2.